The highest BCUT2D eigenvalue weighted by molar-refractivity contribution is 5.92. The average Bonchev–Trinajstić information content (AvgIpc) is 3.46. The summed E-state index contributed by atoms with van der Waals surface area (Å²) in [6.07, 6.45) is 0.920. The molecule has 3 aromatic carbocycles. The van der Waals surface area contributed by atoms with E-state index in [2.05, 4.69) is 10.6 Å². The molecule has 1 aliphatic rings. The molecule has 204 valence electrons. The van der Waals surface area contributed by atoms with E-state index in [0.29, 0.717) is 25.9 Å². The fourth-order valence-corrected chi connectivity index (χ4v) is 4.68. The molecule has 0 aromatic heterocycles. The highest BCUT2D eigenvalue weighted by Crippen LogP contribution is 2.20. The lowest BCUT2D eigenvalue weighted by Crippen LogP contribution is -2.54. The number of amides is 3. The molecule has 0 aliphatic carbocycles. The first-order valence-corrected chi connectivity index (χ1v) is 13.3. The van der Waals surface area contributed by atoms with Crippen molar-refractivity contribution < 1.29 is 19.1 Å². The first-order valence-electron chi connectivity index (χ1n) is 13.3. The fraction of sp³-hybridized carbons (Fsp3) is 0.323. The minimum atomic E-state index is -0.859. The van der Waals surface area contributed by atoms with Gasteiger partial charge in [-0.1, -0.05) is 72.8 Å². The molecule has 1 heterocycles. The zero-order valence-corrected chi connectivity index (χ0v) is 22.5. The van der Waals surface area contributed by atoms with Crippen LogP contribution in [0.1, 0.15) is 29.5 Å². The largest absolute Gasteiger partial charge is 0.445 e. The third kappa shape index (κ3) is 7.83. The molecule has 4 rings (SSSR count). The lowest BCUT2D eigenvalue weighted by atomic mass is 10.0. The Balaban J connectivity index is 1.40. The van der Waals surface area contributed by atoms with Gasteiger partial charge in [0, 0.05) is 39.3 Å². The van der Waals surface area contributed by atoms with Gasteiger partial charge in [0.1, 0.15) is 18.7 Å². The van der Waals surface area contributed by atoms with Crippen LogP contribution in [0.3, 0.4) is 0 Å². The Kier molecular flexibility index (Phi) is 9.56. The first-order chi connectivity index (χ1) is 18.9. The molecule has 0 bridgehead atoms. The molecule has 2 N–H and O–H groups in total. The lowest BCUT2D eigenvalue weighted by molar-refractivity contribution is -0.140. The third-order valence-electron chi connectivity index (χ3n) is 6.84. The number of nitrogens with zero attached hydrogens (tertiary/aromatic N) is 2. The Morgan fingerprint density at radius 2 is 1.54 bits per heavy atom. The van der Waals surface area contributed by atoms with E-state index in [-0.39, 0.29) is 18.4 Å². The number of rotatable bonds is 10. The summed E-state index contributed by atoms with van der Waals surface area (Å²) < 4.78 is 5.39. The van der Waals surface area contributed by atoms with E-state index in [1.165, 1.54) is 0 Å². The molecule has 2 atom stereocenters. The Labute approximate surface area is 230 Å². The second kappa shape index (κ2) is 13.5. The molecule has 0 spiro atoms. The standard InChI is InChI=1S/C31H36N4O4/c1-34(2)26-17-15-24(16-18-26)21-32-29(36)28-14-9-19-35(28)30(37)27(20-23-10-5-3-6-11-23)33-31(38)39-22-25-12-7-4-8-13-25/h3-8,10-13,15-18,27-28H,9,14,19-22H2,1-2H3,(H,32,36)(H,33,38)/t27-,28+/m1/s1. The summed E-state index contributed by atoms with van der Waals surface area (Å²) in [6.45, 7) is 0.937. The van der Waals surface area contributed by atoms with E-state index >= 15 is 0 Å². The summed E-state index contributed by atoms with van der Waals surface area (Å²) in [5.41, 5.74) is 3.82. The van der Waals surface area contributed by atoms with E-state index < -0.39 is 18.2 Å². The highest BCUT2D eigenvalue weighted by Gasteiger charge is 2.37. The van der Waals surface area contributed by atoms with Crippen LogP contribution in [0.2, 0.25) is 0 Å². The van der Waals surface area contributed by atoms with Gasteiger partial charge in [0.15, 0.2) is 0 Å². The number of alkyl carbamates (subject to hydrolysis) is 1. The van der Waals surface area contributed by atoms with Crippen LogP contribution in [-0.4, -0.2) is 55.5 Å². The zero-order chi connectivity index (χ0) is 27.6. The van der Waals surface area contributed by atoms with E-state index in [0.717, 1.165) is 28.8 Å². The van der Waals surface area contributed by atoms with Crippen LogP contribution in [-0.2, 0) is 33.9 Å². The van der Waals surface area contributed by atoms with Crippen LogP contribution in [0.25, 0.3) is 0 Å². The summed E-state index contributed by atoms with van der Waals surface area (Å²) >= 11 is 0. The van der Waals surface area contributed by atoms with Crippen LogP contribution in [0.15, 0.2) is 84.9 Å². The maximum absolute atomic E-state index is 13.7. The maximum atomic E-state index is 13.7. The zero-order valence-electron chi connectivity index (χ0n) is 22.5. The minimum Gasteiger partial charge on any atom is -0.445 e. The van der Waals surface area contributed by atoms with Crippen molar-refractivity contribution in [2.75, 3.05) is 25.5 Å². The lowest BCUT2D eigenvalue weighted by Gasteiger charge is -2.28. The van der Waals surface area contributed by atoms with E-state index in [9.17, 15) is 14.4 Å². The van der Waals surface area contributed by atoms with Gasteiger partial charge >= 0.3 is 6.09 Å². The third-order valence-corrected chi connectivity index (χ3v) is 6.84. The molecule has 0 unspecified atom stereocenters. The van der Waals surface area contributed by atoms with Gasteiger partial charge in [0.25, 0.3) is 0 Å². The highest BCUT2D eigenvalue weighted by atomic mass is 16.5. The van der Waals surface area contributed by atoms with Crippen molar-refractivity contribution in [3.63, 3.8) is 0 Å². The number of carbonyl (C=O) groups is 3. The van der Waals surface area contributed by atoms with Gasteiger partial charge in [0.2, 0.25) is 11.8 Å². The van der Waals surface area contributed by atoms with Gasteiger partial charge in [-0.05, 0) is 41.7 Å². The van der Waals surface area contributed by atoms with Crippen molar-refractivity contribution in [3.05, 3.63) is 102 Å². The van der Waals surface area contributed by atoms with Crippen molar-refractivity contribution in [1.82, 2.24) is 15.5 Å². The SMILES string of the molecule is CN(C)c1ccc(CNC(=O)[C@@H]2CCCN2C(=O)[C@@H](Cc2ccccc2)NC(=O)OCc2ccccc2)cc1. The summed E-state index contributed by atoms with van der Waals surface area (Å²) in [4.78, 5) is 43.2. The Hall–Kier alpha value is -4.33. The molecule has 1 aliphatic heterocycles. The molecule has 0 radical (unpaired) electrons. The van der Waals surface area contributed by atoms with Crippen molar-refractivity contribution >= 4 is 23.6 Å². The predicted octanol–water partition coefficient (Wildman–Crippen LogP) is 3.90. The van der Waals surface area contributed by atoms with Crippen molar-refractivity contribution in [3.8, 4) is 0 Å². The van der Waals surface area contributed by atoms with Crippen LogP contribution < -0.4 is 15.5 Å². The van der Waals surface area contributed by atoms with Gasteiger partial charge in [-0.3, -0.25) is 9.59 Å². The van der Waals surface area contributed by atoms with Crippen LogP contribution >= 0.6 is 0 Å². The molecule has 3 amide bonds. The molecule has 8 nitrogen and oxygen atoms in total. The van der Waals surface area contributed by atoms with E-state index in [4.69, 9.17) is 4.74 Å². The summed E-state index contributed by atoms with van der Waals surface area (Å²) in [5, 5.41) is 5.74. The summed E-state index contributed by atoms with van der Waals surface area (Å²) in [5.74, 6) is -0.480. The molecule has 1 fully saturated rings. The number of benzene rings is 3. The molecular weight excluding hydrogens is 492 g/mol. The first kappa shape index (κ1) is 27.7. The molecule has 3 aromatic rings. The Morgan fingerprint density at radius 1 is 0.897 bits per heavy atom. The number of carbonyl (C=O) groups excluding carboxylic acids is 3. The normalized spacial score (nSPS) is 15.3. The number of nitrogens with one attached hydrogen (secondary N) is 2. The monoisotopic (exact) mass is 528 g/mol. The number of hydrogen-bond donors (Lipinski definition) is 2. The maximum Gasteiger partial charge on any atom is 0.408 e. The Morgan fingerprint density at radius 3 is 2.18 bits per heavy atom. The molecule has 39 heavy (non-hydrogen) atoms. The van der Waals surface area contributed by atoms with Crippen LogP contribution in [0.5, 0.6) is 0 Å². The second-order valence-corrected chi connectivity index (χ2v) is 9.92. The quantitative estimate of drug-likeness (QED) is 0.417. The van der Waals surface area contributed by atoms with Crippen molar-refractivity contribution in [1.29, 1.82) is 0 Å². The molecule has 0 saturated carbocycles. The average molecular weight is 529 g/mol. The minimum absolute atomic E-state index is 0.100. The van der Waals surface area contributed by atoms with Gasteiger partial charge in [-0.15, -0.1) is 0 Å². The second-order valence-electron chi connectivity index (χ2n) is 9.92. The van der Waals surface area contributed by atoms with E-state index in [1.54, 1.807) is 4.90 Å². The molecule has 1 saturated heterocycles. The number of anilines is 1. The Bertz CT molecular complexity index is 1230. The topological polar surface area (TPSA) is 91.0 Å². The van der Waals surface area contributed by atoms with Crippen LogP contribution in [0.4, 0.5) is 10.5 Å². The molecule has 8 heteroatoms. The molecular formula is C31H36N4O4. The number of ether oxygens (including phenoxy) is 1. The van der Waals surface area contributed by atoms with Crippen LogP contribution in [0, 0.1) is 0 Å². The van der Waals surface area contributed by atoms with Gasteiger partial charge in [-0.2, -0.15) is 0 Å². The van der Waals surface area contributed by atoms with E-state index in [1.807, 2.05) is 104 Å². The number of likely N-dealkylation sites (tertiary alicyclic amines) is 1. The van der Waals surface area contributed by atoms with Crippen molar-refractivity contribution in [2.24, 2.45) is 0 Å². The van der Waals surface area contributed by atoms with Gasteiger partial charge in [-0.25, -0.2) is 4.79 Å². The fourth-order valence-electron chi connectivity index (χ4n) is 4.68. The predicted molar refractivity (Wildman–Crippen MR) is 151 cm³/mol. The van der Waals surface area contributed by atoms with Gasteiger partial charge in [0.05, 0.1) is 0 Å². The summed E-state index contributed by atoms with van der Waals surface area (Å²) in [6, 6.07) is 25.4. The van der Waals surface area contributed by atoms with Gasteiger partial charge < -0.3 is 25.2 Å². The summed E-state index contributed by atoms with van der Waals surface area (Å²) in [7, 11) is 3.96. The smallest absolute Gasteiger partial charge is 0.408 e. The van der Waals surface area contributed by atoms with Crippen molar-refractivity contribution in [2.45, 2.75) is 44.5 Å². The number of hydrogen-bond acceptors (Lipinski definition) is 5.